The summed E-state index contributed by atoms with van der Waals surface area (Å²) in [6.07, 6.45) is 1.81. The molecule has 0 saturated carbocycles. The molecule has 94 valence electrons. The topological polar surface area (TPSA) is 24.9 Å². The molecule has 0 saturated heterocycles. The second-order valence-electron chi connectivity index (χ2n) is 4.22. The molecule has 0 radical (unpaired) electrons. The summed E-state index contributed by atoms with van der Waals surface area (Å²) in [6, 6.07) is 10.3. The summed E-state index contributed by atoms with van der Waals surface area (Å²) in [5.74, 6) is 0. The predicted molar refractivity (Wildman–Crippen MR) is 82.9 cm³/mol. The van der Waals surface area contributed by atoms with Gasteiger partial charge >= 0.3 is 0 Å². The smallest absolute Gasteiger partial charge is 0.0657 e. The van der Waals surface area contributed by atoms with Gasteiger partial charge in [0.25, 0.3) is 0 Å². The van der Waals surface area contributed by atoms with Gasteiger partial charge in [0, 0.05) is 15.1 Å². The largest absolute Gasteiger partial charge is 0.375 e. The van der Waals surface area contributed by atoms with E-state index in [1.165, 1.54) is 5.56 Å². The zero-order chi connectivity index (χ0) is 13.1. The molecule has 0 aliphatic rings. The highest BCUT2D eigenvalue weighted by Gasteiger charge is 2.11. The monoisotopic (exact) mass is 368 g/mol. The van der Waals surface area contributed by atoms with Gasteiger partial charge in [-0.05, 0) is 75.5 Å². The molecule has 0 aliphatic heterocycles. The van der Waals surface area contributed by atoms with Crippen molar-refractivity contribution < 1.29 is 0 Å². The lowest BCUT2D eigenvalue weighted by atomic mass is 10.2. The highest BCUT2D eigenvalue weighted by molar-refractivity contribution is 9.11. The molecule has 1 N–H and O–H groups in total. The van der Waals surface area contributed by atoms with Gasteiger partial charge in [-0.2, -0.15) is 0 Å². The Bertz CT molecular complexity index is 518. The van der Waals surface area contributed by atoms with Crippen LogP contribution in [-0.4, -0.2) is 4.98 Å². The van der Waals surface area contributed by atoms with Crippen LogP contribution < -0.4 is 5.32 Å². The van der Waals surface area contributed by atoms with Gasteiger partial charge in [-0.1, -0.05) is 6.07 Å². The molecule has 1 aromatic carbocycles. The van der Waals surface area contributed by atoms with Crippen molar-refractivity contribution in [3.05, 3.63) is 56.7 Å². The van der Waals surface area contributed by atoms with E-state index in [0.717, 1.165) is 20.3 Å². The maximum absolute atomic E-state index is 4.36. The highest BCUT2D eigenvalue weighted by Crippen LogP contribution is 2.34. The van der Waals surface area contributed by atoms with Crippen LogP contribution in [0.3, 0.4) is 0 Å². The highest BCUT2D eigenvalue weighted by atomic mass is 79.9. The minimum atomic E-state index is 0.154. The van der Waals surface area contributed by atoms with E-state index in [2.05, 4.69) is 68.1 Å². The number of aryl methyl sites for hydroxylation is 1. The Labute approximate surface area is 124 Å². The fourth-order valence-corrected chi connectivity index (χ4v) is 3.40. The van der Waals surface area contributed by atoms with Gasteiger partial charge < -0.3 is 5.32 Å². The van der Waals surface area contributed by atoms with Crippen molar-refractivity contribution in [1.82, 2.24) is 4.98 Å². The number of nitrogens with one attached hydrogen (secondary N) is 1. The first kappa shape index (κ1) is 13.6. The van der Waals surface area contributed by atoms with E-state index < -0.39 is 0 Å². The van der Waals surface area contributed by atoms with Crippen molar-refractivity contribution in [3.8, 4) is 0 Å². The van der Waals surface area contributed by atoms with Crippen LogP contribution in [0.4, 0.5) is 5.69 Å². The standard InChI is InChI=1S/C14H14Br2N2/c1-9-7-11(15)14(12(16)8-9)18-10(2)13-5-3-4-6-17-13/h3-8,10,18H,1-2H3. The third-order valence-electron chi connectivity index (χ3n) is 2.68. The third-order valence-corrected chi connectivity index (χ3v) is 3.93. The number of nitrogens with zero attached hydrogens (tertiary/aromatic N) is 1. The Balaban J connectivity index is 2.25. The van der Waals surface area contributed by atoms with Crippen molar-refractivity contribution in [2.45, 2.75) is 19.9 Å². The number of aromatic nitrogens is 1. The molecule has 4 heteroatoms. The zero-order valence-electron chi connectivity index (χ0n) is 10.2. The lowest BCUT2D eigenvalue weighted by Crippen LogP contribution is -2.09. The Morgan fingerprint density at radius 1 is 1.17 bits per heavy atom. The van der Waals surface area contributed by atoms with E-state index in [-0.39, 0.29) is 6.04 Å². The first-order valence-electron chi connectivity index (χ1n) is 5.71. The summed E-state index contributed by atoms with van der Waals surface area (Å²) in [5.41, 5.74) is 3.29. The molecule has 1 aromatic heterocycles. The van der Waals surface area contributed by atoms with Crippen LogP contribution in [0, 0.1) is 6.92 Å². The molecule has 1 heterocycles. The summed E-state index contributed by atoms with van der Waals surface area (Å²) in [5, 5.41) is 3.47. The second kappa shape index (κ2) is 5.85. The molecule has 1 unspecified atom stereocenters. The average molecular weight is 370 g/mol. The number of benzene rings is 1. The van der Waals surface area contributed by atoms with Gasteiger partial charge in [0.1, 0.15) is 0 Å². The lowest BCUT2D eigenvalue weighted by Gasteiger charge is -2.17. The molecule has 1 atom stereocenters. The molecule has 2 rings (SSSR count). The van der Waals surface area contributed by atoms with Crippen LogP contribution in [0.1, 0.15) is 24.2 Å². The van der Waals surface area contributed by atoms with E-state index in [9.17, 15) is 0 Å². The molecular weight excluding hydrogens is 356 g/mol. The minimum Gasteiger partial charge on any atom is -0.375 e. The fourth-order valence-electron chi connectivity index (χ4n) is 1.76. The number of halogens is 2. The van der Waals surface area contributed by atoms with Crippen molar-refractivity contribution in [2.75, 3.05) is 5.32 Å². The van der Waals surface area contributed by atoms with Gasteiger partial charge in [0.05, 0.1) is 17.4 Å². The predicted octanol–water partition coefficient (Wildman–Crippen LogP) is 5.09. The Kier molecular flexibility index (Phi) is 4.40. The number of pyridine rings is 1. The minimum absolute atomic E-state index is 0.154. The van der Waals surface area contributed by atoms with Crippen LogP contribution in [0.25, 0.3) is 0 Å². The van der Waals surface area contributed by atoms with Crippen LogP contribution in [0.15, 0.2) is 45.5 Å². The maximum Gasteiger partial charge on any atom is 0.0657 e. The van der Waals surface area contributed by atoms with Crippen molar-refractivity contribution in [3.63, 3.8) is 0 Å². The Morgan fingerprint density at radius 2 is 1.83 bits per heavy atom. The van der Waals surface area contributed by atoms with E-state index in [1.54, 1.807) is 0 Å². The first-order valence-corrected chi connectivity index (χ1v) is 7.29. The molecule has 0 amide bonds. The third kappa shape index (κ3) is 3.12. The van der Waals surface area contributed by atoms with Crippen molar-refractivity contribution in [2.24, 2.45) is 0 Å². The Morgan fingerprint density at radius 3 is 2.39 bits per heavy atom. The summed E-state index contributed by atoms with van der Waals surface area (Å²) in [6.45, 7) is 4.17. The molecule has 0 aliphatic carbocycles. The zero-order valence-corrected chi connectivity index (χ0v) is 13.4. The summed E-state index contributed by atoms with van der Waals surface area (Å²) in [4.78, 5) is 4.36. The van der Waals surface area contributed by atoms with Crippen LogP contribution in [0.5, 0.6) is 0 Å². The summed E-state index contributed by atoms with van der Waals surface area (Å²) in [7, 11) is 0. The van der Waals surface area contributed by atoms with Gasteiger partial charge in [0.2, 0.25) is 0 Å². The molecule has 0 spiro atoms. The normalized spacial score (nSPS) is 12.2. The Hall–Kier alpha value is -0.870. The first-order chi connectivity index (χ1) is 8.58. The van der Waals surface area contributed by atoms with E-state index in [0.29, 0.717) is 0 Å². The van der Waals surface area contributed by atoms with Crippen LogP contribution in [0.2, 0.25) is 0 Å². The van der Waals surface area contributed by atoms with Crippen LogP contribution >= 0.6 is 31.9 Å². The number of anilines is 1. The maximum atomic E-state index is 4.36. The fraction of sp³-hybridized carbons (Fsp3) is 0.214. The summed E-state index contributed by atoms with van der Waals surface area (Å²) < 4.78 is 2.11. The molecule has 18 heavy (non-hydrogen) atoms. The van der Waals surface area contributed by atoms with Gasteiger partial charge in [0.15, 0.2) is 0 Å². The van der Waals surface area contributed by atoms with Crippen molar-refractivity contribution >= 4 is 37.5 Å². The van der Waals surface area contributed by atoms with E-state index in [1.807, 2.05) is 24.4 Å². The number of hydrogen-bond acceptors (Lipinski definition) is 2. The summed E-state index contributed by atoms with van der Waals surface area (Å²) >= 11 is 7.17. The molecule has 2 aromatic rings. The molecule has 0 bridgehead atoms. The molecule has 0 fully saturated rings. The van der Waals surface area contributed by atoms with E-state index >= 15 is 0 Å². The number of hydrogen-bond donors (Lipinski definition) is 1. The van der Waals surface area contributed by atoms with Gasteiger partial charge in [-0.15, -0.1) is 0 Å². The van der Waals surface area contributed by atoms with Crippen molar-refractivity contribution in [1.29, 1.82) is 0 Å². The van der Waals surface area contributed by atoms with Crippen LogP contribution in [-0.2, 0) is 0 Å². The quantitative estimate of drug-likeness (QED) is 0.815. The lowest BCUT2D eigenvalue weighted by molar-refractivity contribution is 0.837. The molecule has 2 nitrogen and oxygen atoms in total. The number of rotatable bonds is 3. The SMILES string of the molecule is Cc1cc(Br)c(NC(C)c2ccccn2)c(Br)c1. The average Bonchev–Trinajstić information content (AvgIpc) is 2.34. The second-order valence-corrected chi connectivity index (χ2v) is 5.93. The molecular formula is C14H14Br2N2. The van der Waals surface area contributed by atoms with Gasteiger partial charge in [-0.3, -0.25) is 4.98 Å². The van der Waals surface area contributed by atoms with E-state index in [4.69, 9.17) is 0 Å². The van der Waals surface area contributed by atoms with Gasteiger partial charge in [-0.25, -0.2) is 0 Å².